The Morgan fingerprint density at radius 3 is 1.90 bits per heavy atom. The second-order valence-corrected chi connectivity index (χ2v) is 4.90. The second kappa shape index (κ2) is 8.82. The number of aryl methyl sites for hydroxylation is 1. The first-order valence-electron chi connectivity index (χ1n) is 7.21. The molecule has 0 aliphatic heterocycles. The number of benzene rings is 1. The average molecular weight is 394 g/mol. The van der Waals surface area contributed by atoms with Crippen LogP contribution in [0, 0.1) is 0 Å². The molecule has 0 amide bonds. The highest BCUT2D eigenvalue weighted by Crippen LogP contribution is 2.15. The zero-order chi connectivity index (χ0) is 14.4. The topological polar surface area (TPSA) is 7.12 Å². The summed E-state index contributed by atoms with van der Waals surface area (Å²) in [5.41, 5.74) is 3.71. The summed E-state index contributed by atoms with van der Waals surface area (Å²) in [6, 6.07) is 12.9. The maximum absolute atomic E-state index is 2.23. The predicted octanol–water partition coefficient (Wildman–Crippen LogP) is 0.624. The van der Waals surface area contributed by atoms with Crippen LogP contribution in [0.5, 0.6) is 0 Å². The molecule has 112 valence electrons. The molecule has 2 rings (SSSR count). The number of anilines is 1. The van der Waals surface area contributed by atoms with Gasteiger partial charge in [-0.3, -0.25) is 0 Å². The zero-order valence-electron chi connectivity index (χ0n) is 13.0. The standard InChI is InChI=1S/C18H23N2.HI/c1-4-19(3)18-10-8-16(9-11-18)6-7-17-12-14-20(5-2)15-13-17;/h6-15H,4-5H2,1-3H3;1H/q+1;/p-1. The van der Waals surface area contributed by atoms with Crippen LogP contribution >= 0.6 is 0 Å². The van der Waals surface area contributed by atoms with Crippen molar-refractivity contribution in [3.8, 4) is 0 Å². The quantitative estimate of drug-likeness (QED) is 0.533. The van der Waals surface area contributed by atoms with Gasteiger partial charge in [0.25, 0.3) is 0 Å². The number of rotatable bonds is 5. The Balaban J connectivity index is 0.00000220. The van der Waals surface area contributed by atoms with Crippen LogP contribution in [0.1, 0.15) is 25.0 Å². The molecule has 0 N–H and O–H groups in total. The fraction of sp³-hybridized carbons (Fsp3) is 0.278. The molecular formula is C18H23IN2. The molecule has 0 aliphatic carbocycles. The van der Waals surface area contributed by atoms with Crippen molar-refractivity contribution in [2.75, 3.05) is 18.5 Å². The molecule has 0 fully saturated rings. The number of hydrogen-bond donors (Lipinski definition) is 0. The first kappa shape index (κ1) is 17.7. The van der Waals surface area contributed by atoms with Crippen LogP contribution in [0.15, 0.2) is 48.8 Å². The SMILES string of the molecule is CCN(C)c1ccc(/C=C/c2cc[n+](CC)cc2)cc1.[I-]. The average Bonchev–Trinajstić information content (AvgIpc) is 2.53. The van der Waals surface area contributed by atoms with Gasteiger partial charge in [-0.15, -0.1) is 0 Å². The molecule has 2 aromatic rings. The number of halogens is 1. The van der Waals surface area contributed by atoms with E-state index < -0.39 is 0 Å². The molecule has 0 aliphatic rings. The van der Waals surface area contributed by atoms with Gasteiger partial charge in [0.05, 0.1) is 0 Å². The van der Waals surface area contributed by atoms with Crippen LogP contribution in [-0.4, -0.2) is 13.6 Å². The summed E-state index contributed by atoms with van der Waals surface area (Å²) in [6.45, 7) is 6.34. The lowest BCUT2D eigenvalue weighted by Gasteiger charge is -2.16. The Kier molecular flexibility index (Phi) is 7.43. The van der Waals surface area contributed by atoms with Crippen molar-refractivity contribution in [3.63, 3.8) is 0 Å². The van der Waals surface area contributed by atoms with E-state index in [4.69, 9.17) is 0 Å². The maximum Gasteiger partial charge on any atom is 0.169 e. The molecule has 1 aromatic carbocycles. The zero-order valence-corrected chi connectivity index (χ0v) is 15.1. The van der Waals surface area contributed by atoms with Gasteiger partial charge in [0, 0.05) is 31.4 Å². The van der Waals surface area contributed by atoms with E-state index in [-0.39, 0.29) is 24.0 Å². The summed E-state index contributed by atoms with van der Waals surface area (Å²) in [5.74, 6) is 0. The van der Waals surface area contributed by atoms with Gasteiger partial charge < -0.3 is 28.9 Å². The molecular weight excluding hydrogens is 371 g/mol. The molecule has 3 heteroatoms. The van der Waals surface area contributed by atoms with Gasteiger partial charge in [0.15, 0.2) is 12.4 Å². The Morgan fingerprint density at radius 2 is 1.43 bits per heavy atom. The second-order valence-electron chi connectivity index (χ2n) is 4.90. The predicted molar refractivity (Wildman–Crippen MR) is 86.6 cm³/mol. The van der Waals surface area contributed by atoms with E-state index in [0.717, 1.165) is 13.1 Å². The van der Waals surface area contributed by atoms with E-state index in [0.29, 0.717) is 0 Å². The molecule has 0 radical (unpaired) electrons. The molecule has 1 heterocycles. The molecule has 21 heavy (non-hydrogen) atoms. The largest absolute Gasteiger partial charge is 1.00 e. The third-order valence-corrected chi connectivity index (χ3v) is 3.56. The highest BCUT2D eigenvalue weighted by Gasteiger charge is 1.97. The van der Waals surface area contributed by atoms with Crippen molar-refractivity contribution >= 4 is 17.8 Å². The fourth-order valence-electron chi connectivity index (χ4n) is 2.01. The summed E-state index contributed by atoms with van der Waals surface area (Å²) in [6.07, 6.45) is 8.53. The Hall–Kier alpha value is -1.36. The summed E-state index contributed by atoms with van der Waals surface area (Å²) < 4.78 is 2.16. The summed E-state index contributed by atoms with van der Waals surface area (Å²) >= 11 is 0. The van der Waals surface area contributed by atoms with Gasteiger partial charge >= 0.3 is 0 Å². The van der Waals surface area contributed by atoms with Gasteiger partial charge in [-0.2, -0.15) is 0 Å². The molecule has 0 unspecified atom stereocenters. The lowest BCUT2D eigenvalue weighted by molar-refractivity contribution is -0.693. The van der Waals surface area contributed by atoms with Gasteiger partial charge in [-0.25, -0.2) is 4.57 Å². The smallest absolute Gasteiger partial charge is 0.169 e. The van der Waals surface area contributed by atoms with Gasteiger partial charge in [-0.05, 0) is 37.1 Å². The van der Waals surface area contributed by atoms with E-state index in [1.54, 1.807) is 0 Å². The van der Waals surface area contributed by atoms with Crippen molar-refractivity contribution in [3.05, 3.63) is 59.9 Å². The Labute approximate surface area is 145 Å². The minimum Gasteiger partial charge on any atom is -1.00 e. The van der Waals surface area contributed by atoms with Crippen molar-refractivity contribution < 1.29 is 28.5 Å². The van der Waals surface area contributed by atoms with E-state index in [1.807, 2.05) is 0 Å². The van der Waals surface area contributed by atoms with E-state index in [1.165, 1.54) is 16.8 Å². The molecule has 0 spiro atoms. The normalized spacial score (nSPS) is 10.4. The third-order valence-electron chi connectivity index (χ3n) is 3.56. The molecule has 1 aromatic heterocycles. The van der Waals surface area contributed by atoms with E-state index in [9.17, 15) is 0 Å². The summed E-state index contributed by atoms with van der Waals surface area (Å²) in [4.78, 5) is 2.23. The van der Waals surface area contributed by atoms with Crippen LogP contribution < -0.4 is 33.4 Å². The molecule has 0 saturated heterocycles. The number of pyridine rings is 1. The minimum absolute atomic E-state index is 0. The van der Waals surface area contributed by atoms with Crippen LogP contribution in [0.2, 0.25) is 0 Å². The third kappa shape index (κ3) is 5.16. The van der Waals surface area contributed by atoms with Crippen molar-refractivity contribution in [2.24, 2.45) is 0 Å². The lowest BCUT2D eigenvalue weighted by Crippen LogP contribution is -3.00. The number of hydrogen-bond acceptors (Lipinski definition) is 1. The lowest BCUT2D eigenvalue weighted by atomic mass is 10.1. The van der Waals surface area contributed by atoms with Crippen LogP contribution in [0.4, 0.5) is 5.69 Å². The van der Waals surface area contributed by atoms with Crippen LogP contribution in [-0.2, 0) is 6.54 Å². The summed E-state index contributed by atoms with van der Waals surface area (Å²) in [7, 11) is 2.11. The van der Waals surface area contributed by atoms with Gasteiger partial charge in [0.2, 0.25) is 0 Å². The Bertz CT molecular complexity index is 559. The fourth-order valence-corrected chi connectivity index (χ4v) is 2.01. The number of aromatic nitrogens is 1. The Morgan fingerprint density at radius 1 is 0.905 bits per heavy atom. The van der Waals surface area contributed by atoms with Crippen molar-refractivity contribution in [1.29, 1.82) is 0 Å². The molecule has 0 saturated carbocycles. The first-order valence-corrected chi connectivity index (χ1v) is 7.21. The minimum atomic E-state index is 0. The number of nitrogens with zero attached hydrogens (tertiary/aromatic N) is 2. The van der Waals surface area contributed by atoms with Crippen LogP contribution in [0.3, 0.4) is 0 Å². The highest BCUT2D eigenvalue weighted by molar-refractivity contribution is 5.70. The van der Waals surface area contributed by atoms with E-state index in [2.05, 4.69) is 91.3 Å². The maximum atomic E-state index is 2.23. The monoisotopic (exact) mass is 394 g/mol. The van der Waals surface area contributed by atoms with Crippen molar-refractivity contribution in [2.45, 2.75) is 20.4 Å². The highest BCUT2D eigenvalue weighted by atomic mass is 127. The van der Waals surface area contributed by atoms with E-state index >= 15 is 0 Å². The van der Waals surface area contributed by atoms with Gasteiger partial charge in [-0.1, -0.05) is 24.3 Å². The van der Waals surface area contributed by atoms with Crippen molar-refractivity contribution in [1.82, 2.24) is 0 Å². The molecule has 2 nitrogen and oxygen atoms in total. The molecule has 0 atom stereocenters. The van der Waals surface area contributed by atoms with Crippen LogP contribution in [0.25, 0.3) is 12.2 Å². The molecule has 0 bridgehead atoms. The summed E-state index contributed by atoms with van der Waals surface area (Å²) in [5, 5.41) is 0. The van der Waals surface area contributed by atoms with Gasteiger partial charge in [0.1, 0.15) is 6.54 Å². The first-order chi connectivity index (χ1) is 9.72.